The number of hydrogen-bond acceptors (Lipinski definition) is 1. The van der Waals surface area contributed by atoms with Crippen LogP contribution in [0.5, 0.6) is 0 Å². The first-order valence-corrected chi connectivity index (χ1v) is 4.88. The molecular weight excluding hydrogens is 184 g/mol. The largest absolute Gasteiger partial charge is 0.382 e. The number of rotatable bonds is 3. The summed E-state index contributed by atoms with van der Waals surface area (Å²) in [6, 6.07) is 4.27. The van der Waals surface area contributed by atoms with Crippen molar-refractivity contribution in [2.24, 2.45) is 5.92 Å². The minimum absolute atomic E-state index is 0.347. The third-order valence-corrected chi connectivity index (χ3v) is 2.64. The van der Waals surface area contributed by atoms with Crippen LogP contribution < -0.4 is 5.32 Å². The van der Waals surface area contributed by atoms with Crippen molar-refractivity contribution >= 4 is 5.69 Å². The van der Waals surface area contributed by atoms with E-state index in [9.17, 15) is 8.78 Å². The quantitative estimate of drug-likeness (QED) is 0.784. The van der Waals surface area contributed by atoms with Gasteiger partial charge in [0.25, 0.3) is 0 Å². The fourth-order valence-electron chi connectivity index (χ4n) is 1.56. The predicted molar refractivity (Wildman–Crippen MR) is 52.2 cm³/mol. The van der Waals surface area contributed by atoms with E-state index >= 15 is 0 Å². The third-order valence-electron chi connectivity index (χ3n) is 2.64. The molecule has 1 nitrogen and oxygen atoms in total. The Morgan fingerprint density at radius 2 is 2.00 bits per heavy atom. The van der Waals surface area contributed by atoms with Crippen molar-refractivity contribution in [3.8, 4) is 0 Å². The van der Waals surface area contributed by atoms with Crippen LogP contribution in [0.15, 0.2) is 18.2 Å². The van der Waals surface area contributed by atoms with E-state index in [2.05, 4.69) is 12.2 Å². The van der Waals surface area contributed by atoms with Crippen molar-refractivity contribution in [3.05, 3.63) is 29.8 Å². The number of nitrogens with one attached hydrogen (secondary N) is 1. The molecule has 0 aromatic heterocycles. The molecule has 14 heavy (non-hydrogen) atoms. The van der Waals surface area contributed by atoms with Gasteiger partial charge in [-0.3, -0.25) is 0 Å². The van der Waals surface area contributed by atoms with Crippen LogP contribution >= 0.6 is 0 Å². The lowest BCUT2D eigenvalue weighted by atomic mass is 10.2. The lowest BCUT2D eigenvalue weighted by Gasteiger charge is -2.14. The first-order chi connectivity index (χ1) is 6.66. The van der Waals surface area contributed by atoms with Crippen LogP contribution in [0.2, 0.25) is 0 Å². The molecule has 3 heteroatoms. The van der Waals surface area contributed by atoms with Crippen molar-refractivity contribution in [3.63, 3.8) is 0 Å². The maximum atomic E-state index is 12.8. The zero-order valence-electron chi connectivity index (χ0n) is 8.06. The Hall–Kier alpha value is -1.12. The molecule has 1 N–H and O–H groups in total. The highest BCUT2D eigenvalue weighted by Gasteiger charge is 2.27. The molecule has 1 aromatic rings. The Labute approximate surface area is 82.1 Å². The van der Waals surface area contributed by atoms with Gasteiger partial charge in [-0.05, 0) is 37.8 Å². The summed E-state index contributed by atoms with van der Waals surface area (Å²) in [5.41, 5.74) is 0.656. The summed E-state index contributed by atoms with van der Waals surface area (Å²) in [4.78, 5) is 0. The van der Waals surface area contributed by atoms with Crippen molar-refractivity contribution in [2.75, 3.05) is 5.32 Å². The Morgan fingerprint density at radius 1 is 1.29 bits per heavy atom. The summed E-state index contributed by atoms with van der Waals surface area (Å²) in [5.74, 6) is -0.893. The third kappa shape index (κ3) is 2.03. The summed E-state index contributed by atoms with van der Waals surface area (Å²) in [7, 11) is 0. The molecule has 1 saturated carbocycles. The smallest absolute Gasteiger partial charge is 0.160 e. The molecule has 76 valence electrons. The molecule has 0 aliphatic heterocycles. The average molecular weight is 197 g/mol. The normalized spacial score (nSPS) is 17.9. The zero-order valence-corrected chi connectivity index (χ0v) is 8.06. The molecule has 0 spiro atoms. The van der Waals surface area contributed by atoms with Gasteiger partial charge in [-0.15, -0.1) is 0 Å². The number of hydrogen-bond donors (Lipinski definition) is 1. The minimum Gasteiger partial charge on any atom is -0.382 e. The highest BCUT2D eigenvalue weighted by Crippen LogP contribution is 2.34. The maximum absolute atomic E-state index is 12.8. The number of benzene rings is 1. The Morgan fingerprint density at radius 3 is 2.57 bits per heavy atom. The van der Waals surface area contributed by atoms with E-state index in [1.165, 1.54) is 18.9 Å². The van der Waals surface area contributed by atoms with Crippen LogP contribution in [-0.4, -0.2) is 6.04 Å². The fourth-order valence-corrected chi connectivity index (χ4v) is 1.56. The standard InChI is InChI=1S/C11H13F2N/c1-7(8-2-3-8)14-9-4-5-10(12)11(13)6-9/h4-8,14H,2-3H2,1H3/t7-/m0/s1. The first-order valence-electron chi connectivity index (χ1n) is 4.88. The summed E-state index contributed by atoms with van der Waals surface area (Å²) in [6.45, 7) is 2.07. The van der Waals surface area contributed by atoms with E-state index in [0.717, 1.165) is 6.07 Å². The molecule has 0 radical (unpaired) electrons. The molecule has 1 aromatic carbocycles. The molecule has 0 amide bonds. The Bertz CT molecular complexity index is 334. The molecule has 1 aliphatic carbocycles. The van der Waals surface area contributed by atoms with Crippen LogP contribution in [0.4, 0.5) is 14.5 Å². The molecule has 0 heterocycles. The van der Waals surface area contributed by atoms with Crippen molar-refractivity contribution < 1.29 is 8.78 Å². The number of anilines is 1. The molecule has 1 aliphatic rings. The van der Waals surface area contributed by atoms with E-state index in [-0.39, 0.29) is 0 Å². The summed E-state index contributed by atoms with van der Waals surface area (Å²) in [5, 5.41) is 3.17. The highest BCUT2D eigenvalue weighted by atomic mass is 19.2. The van der Waals surface area contributed by atoms with Crippen LogP contribution in [0.1, 0.15) is 19.8 Å². The van der Waals surface area contributed by atoms with E-state index in [1.807, 2.05) is 0 Å². The van der Waals surface area contributed by atoms with Crippen LogP contribution in [0, 0.1) is 17.6 Å². The second-order valence-corrected chi connectivity index (χ2v) is 3.90. The average Bonchev–Trinajstić information content (AvgIpc) is 2.94. The SMILES string of the molecule is C[C@H](Nc1ccc(F)c(F)c1)C1CC1. The monoisotopic (exact) mass is 197 g/mol. The minimum atomic E-state index is -0.797. The van der Waals surface area contributed by atoms with Gasteiger partial charge < -0.3 is 5.32 Å². The Kier molecular flexibility index (Phi) is 2.40. The molecule has 1 atom stereocenters. The maximum Gasteiger partial charge on any atom is 0.160 e. The van der Waals surface area contributed by atoms with E-state index in [4.69, 9.17) is 0 Å². The topological polar surface area (TPSA) is 12.0 Å². The molecule has 0 unspecified atom stereocenters. The van der Waals surface area contributed by atoms with E-state index in [1.54, 1.807) is 6.07 Å². The van der Waals surface area contributed by atoms with E-state index < -0.39 is 11.6 Å². The summed E-state index contributed by atoms with van der Waals surface area (Å²) < 4.78 is 25.4. The predicted octanol–water partition coefficient (Wildman–Crippen LogP) is 3.18. The summed E-state index contributed by atoms with van der Waals surface area (Å²) >= 11 is 0. The molecule has 1 fully saturated rings. The van der Waals surface area contributed by atoms with Gasteiger partial charge in [-0.25, -0.2) is 8.78 Å². The van der Waals surface area contributed by atoms with Crippen molar-refractivity contribution in [1.29, 1.82) is 0 Å². The van der Waals surface area contributed by atoms with Gasteiger partial charge in [0.2, 0.25) is 0 Å². The summed E-state index contributed by atoms with van der Waals surface area (Å²) in [6.07, 6.45) is 2.47. The van der Waals surface area contributed by atoms with E-state index in [0.29, 0.717) is 17.6 Å². The second-order valence-electron chi connectivity index (χ2n) is 3.90. The molecule has 0 saturated heterocycles. The van der Waals surface area contributed by atoms with Gasteiger partial charge in [0, 0.05) is 17.8 Å². The van der Waals surface area contributed by atoms with Crippen LogP contribution in [0.25, 0.3) is 0 Å². The lowest BCUT2D eigenvalue weighted by Crippen LogP contribution is -2.17. The first kappa shape index (κ1) is 9.44. The number of halogens is 2. The van der Waals surface area contributed by atoms with Crippen LogP contribution in [-0.2, 0) is 0 Å². The van der Waals surface area contributed by atoms with Gasteiger partial charge in [0.15, 0.2) is 11.6 Å². The Balaban J connectivity index is 2.04. The second kappa shape index (κ2) is 3.56. The molecule has 2 rings (SSSR count). The van der Waals surface area contributed by atoms with Gasteiger partial charge in [-0.1, -0.05) is 0 Å². The van der Waals surface area contributed by atoms with Gasteiger partial charge >= 0.3 is 0 Å². The molecular formula is C11H13F2N. The van der Waals surface area contributed by atoms with Gasteiger partial charge in [-0.2, -0.15) is 0 Å². The fraction of sp³-hybridized carbons (Fsp3) is 0.455. The van der Waals surface area contributed by atoms with Crippen molar-refractivity contribution in [2.45, 2.75) is 25.8 Å². The van der Waals surface area contributed by atoms with Gasteiger partial charge in [0.1, 0.15) is 0 Å². The lowest BCUT2D eigenvalue weighted by molar-refractivity contribution is 0.508. The molecule has 0 bridgehead atoms. The van der Waals surface area contributed by atoms with Crippen LogP contribution in [0.3, 0.4) is 0 Å². The zero-order chi connectivity index (χ0) is 10.1. The van der Waals surface area contributed by atoms with Gasteiger partial charge in [0.05, 0.1) is 0 Å². The van der Waals surface area contributed by atoms with Crippen molar-refractivity contribution in [1.82, 2.24) is 0 Å². The highest BCUT2D eigenvalue weighted by molar-refractivity contribution is 5.44.